The topological polar surface area (TPSA) is 27.1 Å². The van der Waals surface area contributed by atoms with Gasteiger partial charge in [-0.2, -0.15) is 0 Å². The lowest BCUT2D eigenvalue weighted by Crippen LogP contribution is -2.35. The molecule has 0 unspecified atom stereocenters. The number of hydrogen-bond acceptors (Lipinski definition) is 1. The zero-order valence-electron chi connectivity index (χ0n) is 7.60. The molecule has 0 atom stereocenters. The number of amidine groups is 1. The van der Waals surface area contributed by atoms with E-state index < -0.39 is 0 Å². The average Bonchev–Trinajstić information content (AvgIpc) is 1.84. The Morgan fingerprint density at radius 3 is 1.70 bits per heavy atom. The Morgan fingerprint density at radius 1 is 1.20 bits per heavy atom. The first-order valence-corrected chi connectivity index (χ1v) is 3.78. The maximum absolute atomic E-state index is 7.61. The zero-order chi connectivity index (χ0) is 8.31. The maximum Gasteiger partial charge on any atom is 0.0983 e. The van der Waals surface area contributed by atoms with Crippen LogP contribution in [0.25, 0.3) is 0 Å². The van der Waals surface area contributed by atoms with Gasteiger partial charge in [0.25, 0.3) is 0 Å². The van der Waals surface area contributed by atoms with E-state index in [0.717, 1.165) is 5.84 Å². The Bertz CT molecular complexity index is 116. The van der Waals surface area contributed by atoms with Gasteiger partial charge in [-0.25, -0.2) is 0 Å². The van der Waals surface area contributed by atoms with E-state index in [0.29, 0.717) is 12.0 Å². The molecule has 2 heteroatoms. The molecule has 0 fully saturated rings. The van der Waals surface area contributed by atoms with Gasteiger partial charge in [0.15, 0.2) is 0 Å². The highest BCUT2D eigenvalue weighted by molar-refractivity contribution is 5.80. The lowest BCUT2D eigenvalue weighted by Gasteiger charge is -2.26. The molecule has 1 N–H and O–H groups in total. The van der Waals surface area contributed by atoms with E-state index in [1.54, 1.807) is 0 Å². The van der Waals surface area contributed by atoms with Crippen LogP contribution in [0.1, 0.15) is 27.7 Å². The van der Waals surface area contributed by atoms with Gasteiger partial charge in [0.1, 0.15) is 0 Å². The molecule has 0 saturated heterocycles. The van der Waals surface area contributed by atoms with Crippen molar-refractivity contribution in [3.63, 3.8) is 0 Å². The summed E-state index contributed by atoms with van der Waals surface area (Å²) in [6, 6.07) is 0.440. The first-order valence-electron chi connectivity index (χ1n) is 3.78. The normalized spacial score (nSPS) is 10.7. The summed E-state index contributed by atoms with van der Waals surface area (Å²) in [5, 5.41) is 7.61. The minimum atomic E-state index is 0.340. The molecule has 0 rings (SSSR count). The largest absolute Gasteiger partial charge is 0.361 e. The lowest BCUT2D eigenvalue weighted by atomic mass is 10.1. The molecule has 0 bridgehead atoms. The monoisotopic (exact) mass is 142 g/mol. The highest BCUT2D eigenvalue weighted by Crippen LogP contribution is 2.02. The molecular weight excluding hydrogens is 124 g/mol. The van der Waals surface area contributed by atoms with Crippen LogP contribution in [0.15, 0.2) is 0 Å². The fourth-order valence-electron chi connectivity index (χ4n) is 0.685. The van der Waals surface area contributed by atoms with Crippen molar-refractivity contribution in [2.24, 2.45) is 5.92 Å². The SMILES string of the molecule is CC(C)C(=N)N(C)C(C)C. The van der Waals surface area contributed by atoms with Gasteiger partial charge in [-0.3, -0.25) is 5.41 Å². The van der Waals surface area contributed by atoms with Crippen molar-refractivity contribution in [1.82, 2.24) is 4.90 Å². The van der Waals surface area contributed by atoms with Crippen LogP contribution in [0.3, 0.4) is 0 Å². The van der Waals surface area contributed by atoms with Gasteiger partial charge in [0, 0.05) is 19.0 Å². The van der Waals surface area contributed by atoms with Gasteiger partial charge in [0.2, 0.25) is 0 Å². The summed E-state index contributed by atoms with van der Waals surface area (Å²) in [5.41, 5.74) is 0. The molecule has 0 saturated carbocycles. The Balaban J connectivity index is 3.95. The van der Waals surface area contributed by atoms with Crippen molar-refractivity contribution in [2.45, 2.75) is 33.7 Å². The number of nitrogens with one attached hydrogen (secondary N) is 1. The van der Waals surface area contributed by atoms with E-state index in [1.807, 2.05) is 25.8 Å². The third-order valence-corrected chi connectivity index (χ3v) is 1.70. The third-order valence-electron chi connectivity index (χ3n) is 1.70. The zero-order valence-corrected chi connectivity index (χ0v) is 7.60. The first kappa shape index (κ1) is 9.47. The number of nitrogens with zero attached hydrogens (tertiary/aromatic N) is 1. The molecule has 0 radical (unpaired) electrons. The van der Waals surface area contributed by atoms with Crippen molar-refractivity contribution in [1.29, 1.82) is 5.41 Å². The quantitative estimate of drug-likeness (QED) is 0.463. The Hall–Kier alpha value is -0.530. The van der Waals surface area contributed by atoms with Crippen molar-refractivity contribution in [3.8, 4) is 0 Å². The van der Waals surface area contributed by atoms with Gasteiger partial charge in [-0.1, -0.05) is 13.8 Å². The van der Waals surface area contributed by atoms with Crippen LogP contribution in [-0.2, 0) is 0 Å². The van der Waals surface area contributed by atoms with Crippen molar-refractivity contribution < 1.29 is 0 Å². The minimum Gasteiger partial charge on any atom is -0.361 e. The second-order valence-corrected chi connectivity index (χ2v) is 3.24. The molecule has 0 amide bonds. The highest BCUT2D eigenvalue weighted by atomic mass is 15.2. The fraction of sp³-hybridized carbons (Fsp3) is 0.875. The van der Waals surface area contributed by atoms with Gasteiger partial charge >= 0.3 is 0 Å². The summed E-state index contributed by atoms with van der Waals surface area (Å²) in [7, 11) is 1.97. The number of hydrogen-bond donors (Lipinski definition) is 1. The van der Waals surface area contributed by atoms with E-state index in [9.17, 15) is 0 Å². The van der Waals surface area contributed by atoms with Gasteiger partial charge in [-0.15, -0.1) is 0 Å². The van der Waals surface area contributed by atoms with Crippen LogP contribution in [-0.4, -0.2) is 23.8 Å². The Labute approximate surface area is 63.7 Å². The molecule has 0 aliphatic carbocycles. The molecule has 0 aromatic carbocycles. The number of rotatable bonds is 2. The second-order valence-electron chi connectivity index (χ2n) is 3.24. The highest BCUT2D eigenvalue weighted by Gasteiger charge is 2.10. The standard InChI is InChI=1S/C8H18N2/c1-6(2)8(9)10(5)7(3)4/h6-7,9H,1-5H3. The van der Waals surface area contributed by atoms with Crippen LogP contribution >= 0.6 is 0 Å². The predicted octanol–water partition coefficient (Wildman–Crippen LogP) is 1.96. The van der Waals surface area contributed by atoms with Crippen LogP contribution < -0.4 is 0 Å². The third kappa shape index (κ3) is 2.38. The van der Waals surface area contributed by atoms with E-state index >= 15 is 0 Å². The van der Waals surface area contributed by atoms with Crippen molar-refractivity contribution >= 4 is 5.84 Å². The van der Waals surface area contributed by atoms with E-state index in [-0.39, 0.29) is 0 Å². The molecule has 0 heterocycles. The Morgan fingerprint density at radius 2 is 1.60 bits per heavy atom. The summed E-state index contributed by atoms with van der Waals surface area (Å²) in [4.78, 5) is 1.99. The van der Waals surface area contributed by atoms with Crippen molar-refractivity contribution in [2.75, 3.05) is 7.05 Å². The van der Waals surface area contributed by atoms with Gasteiger partial charge in [-0.05, 0) is 13.8 Å². The molecule has 0 aliphatic heterocycles. The molecule has 10 heavy (non-hydrogen) atoms. The van der Waals surface area contributed by atoms with Gasteiger partial charge < -0.3 is 4.90 Å². The minimum absolute atomic E-state index is 0.340. The lowest BCUT2D eigenvalue weighted by molar-refractivity contribution is 0.395. The summed E-state index contributed by atoms with van der Waals surface area (Å²) < 4.78 is 0. The fourth-order valence-corrected chi connectivity index (χ4v) is 0.685. The molecule has 60 valence electrons. The smallest absolute Gasteiger partial charge is 0.0983 e. The molecule has 0 aromatic heterocycles. The summed E-state index contributed by atoms with van der Waals surface area (Å²) >= 11 is 0. The summed E-state index contributed by atoms with van der Waals surface area (Å²) in [6.07, 6.45) is 0. The van der Waals surface area contributed by atoms with Crippen molar-refractivity contribution in [3.05, 3.63) is 0 Å². The molecule has 0 spiro atoms. The van der Waals surface area contributed by atoms with Crippen LogP contribution in [0.5, 0.6) is 0 Å². The predicted molar refractivity (Wildman–Crippen MR) is 45.5 cm³/mol. The van der Waals surface area contributed by atoms with Crippen LogP contribution in [0, 0.1) is 11.3 Å². The van der Waals surface area contributed by atoms with Gasteiger partial charge in [0.05, 0.1) is 5.84 Å². The molecule has 0 aliphatic rings. The summed E-state index contributed by atoms with van der Waals surface area (Å²) in [6.45, 7) is 8.27. The average molecular weight is 142 g/mol. The van der Waals surface area contributed by atoms with E-state index in [1.165, 1.54) is 0 Å². The van der Waals surface area contributed by atoms with E-state index in [2.05, 4.69) is 13.8 Å². The first-order chi connectivity index (χ1) is 4.46. The molecular formula is C8H18N2. The molecule has 2 nitrogen and oxygen atoms in total. The second kappa shape index (κ2) is 3.59. The van der Waals surface area contributed by atoms with Crippen LogP contribution in [0.4, 0.5) is 0 Å². The van der Waals surface area contributed by atoms with Crippen LogP contribution in [0.2, 0.25) is 0 Å². The molecule has 0 aromatic rings. The maximum atomic E-state index is 7.61. The summed E-state index contributed by atoms with van der Waals surface area (Å²) in [5.74, 6) is 1.06. The van der Waals surface area contributed by atoms with E-state index in [4.69, 9.17) is 5.41 Å². The Kier molecular flexibility index (Phi) is 3.40.